The average Bonchev–Trinajstić information content (AvgIpc) is 2.52. The summed E-state index contributed by atoms with van der Waals surface area (Å²) >= 11 is 0. The van der Waals surface area contributed by atoms with Gasteiger partial charge in [0, 0.05) is 32.7 Å². The Bertz CT molecular complexity index is 344. The summed E-state index contributed by atoms with van der Waals surface area (Å²) in [7, 11) is 0. The lowest BCUT2D eigenvalue weighted by molar-refractivity contribution is -0.140. The van der Waals surface area contributed by atoms with Gasteiger partial charge in [0.15, 0.2) is 0 Å². The average molecular weight is 298 g/mol. The van der Waals surface area contributed by atoms with E-state index in [1.807, 2.05) is 11.8 Å². The topological polar surface area (TPSA) is 67.9 Å². The Hall–Kier alpha value is -1.14. The molecule has 0 spiro atoms. The van der Waals surface area contributed by atoms with E-state index in [4.69, 9.17) is 9.47 Å². The molecule has 2 heterocycles. The number of nitrogens with zero attached hydrogens (tertiary/aromatic N) is 1. The maximum atomic E-state index is 12.4. The maximum Gasteiger partial charge on any atom is 0.227 e. The van der Waals surface area contributed by atoms with Gasteiger partial charge in [0.2, 0.25) is 11.8 Å². The molecule has 0 aromatic heterocycles. The lowest BCUT2D eigenvalue weighted by atomic mass is 9.96. The molecule has 120 valence electrons. The van der Waals surface area contributed by atoms with Gasteiger partial charge < -0.3 is 19.7 Å². The Balaban J connectivity index is 1.66. The monoisotopic (exact) mass is 298 g/mol. The van der Waals surface area contributed by atoms with E-state index in [9.17, 15) is 9.59 Å². The molecular weight excluding hydrogens is 272 g/mol. The molecule has 0 aromatic carbocycles. The molecule has 2 aliphatic rings. The first-order valence-corrected chi connectivity index (χ1v) is 7.95. The minimum Gasteiger partial charge on any atom is -0.379 e. The molecule has 2 aliphatic heterocycles. The van der Waals surface area contributed by atoms with E-state index in [0.717, 1.165) is 25.9 Å². The van der Waals surface area contributed by atoms with Gasteiger partial charge in [-0.15, -0.1) is 0 Å². The van der Waals surface area contributed by atoms with Gasteiger partial charge in [-0.3, -0.25) is 9.59 Å². The zero-order valence-electron chi connectivity index (χ0n) is 12.8. The number of amides is 2. The fourth-order valence-corrected chi connectivity index (χ4v) is 2.86. The zero-order chi connectivity index (χ0) is 15.1. The molecule has 2 rings (SSSR count). The van der Waals surface area contributed by atoms with Crippen molar-refractivity contribution in [3.05, 3.63) is 0 Å². The molecule has 21 heavy (non-hydrogen) atoms. The largest absolute Gasteiger partial charge is 0.379 e. The van der Waals surface area contributed by atoms with Crippen LogP contribution < -0.4 is 5.32 Å². The van der Waals surface area contributed by atoms with Crippen LogP contribution in [0, 0.1) is 5.92 Å². The van der Waals surface area contributed by atoms with Gasteiger partial charge in [0.25, 0.3) is 0 Å². The number of hydrogen-bond donors (Lipinski definition) is 1. The van der Waals surface area contributed by atoms with Crippen LogP contribution in [0.3, 0.4) is 0 Å². The first-order chi connectivity index (χ1) is 10.2. The van der Waals surface area contributed by atoms with Crippen LogP contribution in [0.2, 0.25) is 0 Å². The van der Waals surface area contributed by atoms with Gasteiger partial charge in [-0.2, -0.15) is 0 Å². The summed E-state index contributed by atoms with van der Waals surface area (Å²) in [5.41, 5.74) is 0. The van der Waals surface area contributed by atoms with Crippen molar-refractivity contribution in [1.82, 2.24) is 10.2 Å². The van der Waals surface area contributed by atoms with Crippen molar-refractivity contribution in [3.8, 4) is 0 Å². The summed E-state index contributed by atoms with van der Waals surface area (Å²) in [6.45, 7) is 5.94. The van der Waals surface area contributed by atoms with E-state index < -0.39 is 0 Å². The SMILES string of the molecule is CCOCCOC1CCN(C(=O)C2CCC(=O)NC2)CC1. The number of rotatable bonds is 6. The summed E-state index contributed by atoms with van der Waals surface area (Å²) in [6.07, 6.45) is 3.15. The number of carbonyl (C=O) groups is 2. The van der Waals surface area contributed by atoms with Crippen LogP contribution in [-0.2, 0) is 19.1 Å². The van der Waals surface area contributed by atoms with Crippen molar-refractivity contribution in [2.75, 3.05) is 39.5 Å². The summed E-state index contributed by atoms with van der Waals surface area (Å²) in [6, 6.07) is 0. The van der Waals surface area contributed by atoms with Crippen molar-refractivity contribution in [2.45, 2.75) is 38.7 Å². The van der Waals surface area contributed by atoms with Crippen molar-refractivity contribution < 1.29 is 19.1 Å². The molecule has 1 atom stereocenters. The van der Waals surface area contributed by atoms with Crippen molar-refractivity contribution >= 4 is 11.8 Å². The first kappa shape index (κ1) is 16.2. The Labute approximate surface area is 126 Å². The van der Waals surface area contributed by atoms with E-state index in [0.29, 0.717) is 39.2 Å². The minimum atomic E-state index is -0.0434. The molecule has 6 heteroatoms. The van der Waals surface area contributed by atoms with Crippen LogP contribution >= 0.6 is 0 Å². The smallest absolute Gasteiger partial charge is 0.227 e. The van der Waals surface area contributed by atoms with Gasteiger partial charge in [-0.25, -0.2) is 0 Å². The lowest BCUT2D eigenvalue weighted by Crippen LogP contribution is -2.48. The van der Waals surface area contributed by atoms with Gasteiger partial charge >= 0.3 is 0 Å². The highest BCUT2D eigenvalue weighted by atomic mass is 16.5. The predicted octanol–water partition coefficient (Wildman–Crippen LogP) is 0.557. The van der Waals surface area contributed by atoms with E-state index >= 15 is 0 Å². The van der Waals surface area contributed by atoms with E-state index in [2.05, 4.69) is 5.32 Å². The highest BCUT2D eigenvalue weighted by Crippen LogP contribution is 2.19. The molecule has 2 fully saturated rings. The van der Waals surface area contributed by atoms with E-state index in [-0.39, 0.29) is 23.8 Å². The molecule has 0 saturated carbocycles. The highest BCUT2D eigenvalue weighted by molar-refractivity contribution is 5.83. The summed E-state index contributed by atoms with van der Waals surface area (Å²) in [5, 5.41) is 2.78. The van der Waals surface area contributed by atoms with Crippen LogP contribution in [0.5, 0.6) is 0 Å². The Kier molecular flexibility index (Phi) is 6.45. The van der Waals surface area contributed by atoms with Crippen LogP contribution in [-0.4, -0.2) is 62.3 Å². The van der Waals surface area contributed by atoms with Crippen LogP contribution in [0.1, 0.15) is 32.6 Å². The molecule has 2 saturated heterocycles. The number of hydrogen-bond acceptors (Lipinski definition) is 4. The third-order valence-electron chi connectivity index (χ3n) is 4.15. The third kappa shape index (κ3) is 4.97. The number of piperidine rings is 2. The molecule has 0 bridgehead atoms. The molecule has 0 aromatic rings. The van der Waals surface area contributed by atoms with E-state index in [1.165, 1.54) is 0 Å². The number of likely N-dealkylation sites (tertiary alicyclic amines) is 1. The maximum absolute atomic E-state index is 12.4. The van der Waals surface area contributed by atoms with Crippen molar-refractivity contribution in [1.29, 1.82) is 0 Å². The molecule has 1 unspecified atom stereocenters. The summed E-state index contributed by atoms with van der Waals surface area (Å²) < 4.78 is 11.0. The van der Waals surface area contributed by atoms with Crippen molar-refractivity contribution in [3.63, 3.8) is 0 Å². The van der Waals surface area contributed by atoms with Crippen molar-refractivity contribution in [2.24, 2.45) is 5.92 Å². The Morgan fingerprint density at radius 1 is 1.29 bits per heavy atom. The number of carbonyl (C=O) groups excluding carboxylic acids is 2. The normalized spacial score (nSPS) is 24.0. The fourth-order valence-electron chi connectivity index (χ4n) is 2.86. The second kappa shape index (κ2) is 8.34. The van der Waals surface area contributed by atoms with Gasteiger partial charge in [0.05, 0.1) is 25.2 Å². The van der Waals surface area contributed by atoms with Crippen LogP contribution in [0.25, 0.3) is 0 Å². The molecule has 6 nitrogen and oxygen atoms in total. The van der Waals surface area contributed by atoms with Crippen LogP contribution in [0.15, 0.2) is 0 Å². The highest BCUT2D eigenvalue weighted by Gasteiger charge is 2.30. The Morgan fingerprint density at radius 2 is 2.05 bits per heavy atom. The number of ether oxygens (including phenoxy) is 2. The third-order valence-corrected chi connectivity index (χ3v) is 4.15. The standard InChI is InChI=1S/C15H26N2O4/c1-2-20-9-10-21-13-5-7-17(8-6-13)15(19)12-3-4-14(18)16-11-12/h12-13H,2-11H2,1H3,(H,16,18). The molecule has 1 N–H and O–H groups in total. The number of nitrogens with one attached hydrogen (secondary N) is 1. The lowest BCUT2D eigenvalue weighted by Gasteiger charge is -2.35. The summed E-state index contributed by atoms with van der Waals surface area (Å²) in [5.74, 6) is 0.196. The molecule has 0 radical (unpaired) electrons. The van der Waals surface area contributed by atoms with E-state index in [1.54, 1.807) is 0 Å². The zero-order valence-corrected chi connectivity index (χ0v) is 12.8. The predicted molar refractivity (Wildman–Crippen MR) is 77.8 cm³/mol. The second-order valence-corrected chi connectivity index (χ2v) is 5.63. The first-order valence-electron chi connectivity index (χ1n) is 7.95. The molecule has 2 amide bonds. The van der Waals surface area contributed by atoms with Gasteiger partial charge in [-0.05, 0) is 26.2 Å². The minimum absolute atomic E-state index is 0.0434. The fraction of sp³-hybridized carbons (Fsp3) is 0.867. The van der Waals surface area contributed by atoms with Crippen LogP contribution in [0.4, 0.5) is 0 Å². The Morgan fingerprint density at radius 3 is 2.67 bits per heavy atom. The molecule has 0 aliphatic carbocycles. The summed E-state index contributed by atoms with van der Waals surface area (Å²) in [4.78, 5) is 25.4. The quantitative estimate of drug-likeness (QED) is 0.728. The second-order valence-electron chi connectivity index (χ2n) is 5.63. The van der Waals surface area contributed by atoms with Gasteiger partial charge in [-0.1, -0.05) is 0 Å². The van der Waals surface area contributed by atoms with Gasteiger partial charge in [0.1, 0.15) is 0 Å². The molecular formula is C15H26N2O4.